The van der Waals surface area contributed by atoms with Crippen LogP contribution in [0.2, 0.25) is 0 Å². The smallest absolute Gasteiger partial charge is 0.155 e. The Hall–Kier alpha value is -3.84. The van der Waals surface area contributed by atoms with Crippen molar-refractivity contribution >= 4 is 46.3 Å². The van der Waals surface area contributed by atoms with E-state index in [1.54, 1.807) is 11.1 Å². The van der Waals surface area contributed by atoms with Gasteiger partial charge in [-0.15, -0.1) is 0 Å². The monoisotopic (exact) mass is 1940 g/mol. The van der Waals surface area contributed by atoms with Crippen LogP contribution in [-0.2, 0) is 43.1 Å². The van der Waals surface area contributed by atoms with E-state index in [0.29, 0.717) is 122 Å². The fourth-order valence-electron chi connectivity index (χ4n) is 43.1. The molecule has 0 aromatic rings. The third-order valence-electron chi connectivity index (χ3n) is 51.0. The van der Waals surface area contributed by atoms with Gasteiger partial charge in [-0.1, -0.05) is 150 Å². The second kappa shape index (κ2) is 40.8. The number of rotatable bonds is 6. The van der Waals surface area contributed by atoms with Crippen molar-refractivity contribution in [2.24, 2.45) is 189 Å². The second-order valence-electron chi connectivity index (χ2n) is 54.3. The van der Waals surface area contributed by atoms with E-state index in [9.17, 15) is 53.7 Å². The first-order valence-corrected chi connectivity index (χ1v) is 57.6. The van der Waals surface area contributed by atoms with Crippen LogP contribution in [0.5, 0.6) is 0 Å². The minimum Gasteiger partial charge on any atom is -0.395 e. The first-order valence-electron chi connectivity index (χ1n) is 57.6. The van der Waals surface area contributed by atoms with Gasteiger partial charge in [-0.2, -0.15) is 0 Å². The molecule has 1 unspecified atom stereocenters. The van der Waals surface area contributed by atoms with E-state index in [4.69, 9.17) is 4.74 Å². The highest BCUT2D eigenvalue weighted by Crippen LogP contribution is 2.75. The van der Waals surface area contributed by atoms with Gasteiger partial charge in [0.15, 0.2) is 11.6 Å². The Labute approximate surface area is 853 Å². The van der Waals surface area contributed by atoms with Crippen molar-refractivity contribution in [2.45, 2.75) is 505 Å². The summed E-state index contributed by atoms with van der Waals surface area (Å²) in [6.07, 6.45) is 70.7. The Kier molecular flexibility index (Phi) is 32.6. The molecule has 1 aliphatic heterocycles. The van der Waals surface area contributed by atoms with Crippen molar-refractivity contribution in [1.82, 2.24) is 0 Å². The highest BCUT2D eigenvalue weighted by Gasteiger charge is 2.70. The SMILES string of the molecule is C.C.C.C.C.C.CC[C@]12CCC(=O)C=C1CC[C@@H]1[C@@H]2CC[C@]2(C)C(=O)CC[C@@H]12.CC[C@]12CCC(=O)C[C@@H]1CC[C@@H]1[C@@H]2CC[C@]2(C)C(=O)CC[C@@H]12.CC[C@]12CCC(C)=CC1=CC[C@@H]1[C@@H]2CC[C@]2(C)C(=O)CC[C@@H]12.CC[C@]12CC[C@@](C)(O)C[C@@H]1CC[C@@H]1[C@@H]2CC[C@]2(C)C(O)CC[C@@H]12.CC[C@]12CC[C@]3(CO3)C[C@@H]1CC[C@@H]1[C@@H]2CC[C@]2(C)C(=O)CC[C@@H]12.C[C@]12CC[C@H]3[C@@H](CCC4=CC(=O)CC[C@@]43CO)[C@@H]1CCC2=O. The van der Waals surface area contributed by atoms with Gasteiger partial charge in [0.1, 0.15) is 34.7 Å². The predicted molar refractivity (Wildman–Crippen MR) is 570 cm³/mol. The highest BCUT2D eigenvalue weighted by atomic mass is 16.6. The molecule has 24 aliphatic carbocycles. The number of ketones is 8. The minimum atomic E-state index is -0.428. The summed E-state index contributed by atoms with van der Waals surface area (Å²) in [6, 6.07) is 0. The van der Waals surface area contributed by atoms with Gasteiger partial charge in [0.25, 0.3) is 0 Å². The minimum absolute atomic E-state index is 0. The first-order chi connectivity index (χ1) is 63.9. The predicted octanol–water partition coefficient (Wildman–Crippen LogP) is 30.7. The van der Waals surface area contributed by atoms with Crippen LogP contribution in [0.3, 0.4) is 0 Å². The summed E-state index contributed by atoms with van der Waals surface area (Å²) in [6.45, 7) is 31.2. The molecule has 20 saturated carbocycles. The summed E-state index contributed by atoms with van der Waals surface area (Å²) < 4.78 is 5.87. The van der Waals surface area contributed by atoms with E-state index in [2.05, 4.69) is 102 Å². The van der Waals surface area contributed by atoms with Crippen molar-refractivity contribution in [1.29, 1.82) is 0 Å². The van der Waals surface area contributed by atoms with E-state index in [1.165, 1.54) is 191 Å². The van der Waals surface area contributed by atoms with E-state index < -0.39 is 5.60 Å². The fraction of sp³-hybridized carbons (Fsp3) is 0.875. The molecule has 1 heterocycles. The molecule has 1 spiro atoms. The maximum Gasteiger partial charge on any atom is 0.155 e. The van der Waals surface area contributed by atoms with Gasteiger partial charge in [-0.05, 0) is 484 Å². The van der Waals surface area contributed by atoms with Crippen LogP contribution in [-0.4, -0.2) is 92.1 Å². The van der Waals surface area contributed by atoms with Crippen LogP contribution < -0.4 is 0 Å². The lowest BCUT2D eigenvalue weighted by molar-refractivity contribution is -0.159. The molecule has 1 saturated heterocycles. The molecule has 3 N–H and O–H groups in total. The highest BCUT2D eigenvalue weighted by molar-refractivity contribution is 5.93. The van der Waals surface area contributed by atoms with Crippen LogP contribution in [0.15, 0.2) is 46.6 Å². The van der Waals surface area contributed by atoms with E-state index in [-0.39, 0.29) is 106 Å². The van der Waals surface area contributed by atoms with Crippen molar-refractivity contribution in [3.05, 3.63) is 46.6 Å². The number of allylic oxidation sites excluding steroid dienone is 5. The number of carbonyl (C=O) groups is 8. The van der Waals surface area contributed by atoms with Crippen molar-refractivity contribution in [3.63, 3.8) is 0 Å². The molecule has 12 nitrogen and oxygen atoms in total. The zero-order valence-electron chi connectivity index (χ0n) is 86.3. The fourth-order valence-corrected chi connectivity index (χ4v) is 43.1. The maximum atomic E-state index is 12.5. The Morgan fingerprint density at radius 1 is 0.329 bits per heavy atom. The molecule has 12 heteroatoms. The summed E-state index contributed by atoms with van der Waals surface area (Å²) in [5, 5.41) is 31.4. The van der Waals surface area contributed by atoms with Gasteiger partial charge in [0, 0.05) is 90.3 Å². The normalized spacial score (nSPS) is 49.6. The molecular weight excluding hydrogens is 1730 g/mol. The van der Waals surface area contributed by atoms with Gasteiger partial charge in [0.05, 0.1) is 30.5 Å². The number of aliphatic hydroxyl groups excluding tert-OH is 2. The summed E-state index contributed by atoms with van der Waals surface area (Å²) in [4.78, 5) is 97.9. The van der Waals surface area contributed by atoms with Gasteiger partial charge in [-0.3, -0.25) is 38.4 Å². The molecule has 790 valence electrons. The third kappa shape index (κ3) is 17.3. The standard InChI is InChI=1S/C21H32O2.C21H36O2.C21H30O.C20H30O2.C20H28O2.C19H26O3.6CH4/c1-3-21-11-10-20(13-23-20)12-14(21)4-5-15-16-6-7-18(22)19(16,2)9-8-17(15)21;1-4-21-12-11-19(2,23)13-14(21)5-6-15-16-7-8-18(22)20(16,3)10-9-17(15)21;1-4-21-12-9-14(2)13-15(21)5-6-16-17-7-8-19(22)20(17,3)11-10-18(16)21;2*1-3-20-11-8-14(21)12-13(20)4-5-15-16-6-7-18(22)19(16,2)10-9-17(15)20;1-18-8-7-16-14(15(18)4-5-17(18)22)3-2-12-10-13(21)6-9-19(12,16)11-20;;;;;;/h14-17H,3-13H2,1-2H3;14-18,22-23H,4-13H2,1-3H3;5,13,16-18H,4,6-12H2,1-3H3;13,15-17H,3-12H2,1-2H3;12,15-17H,3-11H2,1-2H3;10,14-16,20H,2-9,11H2,1H3;6*1H4/t14-,15-,16-,17-,19-,20+,21-;14-,15-,16-,17-,18?,19+,20-,21-;16-,17-,18-,20-,21-;13-,15-,16-,17-,19-,20-;15-,16-,17-,19-,20-;14-,15-,16-,18-,19+;;;;;;/m000000....../s1. The number of hydrogen-bond donors (Lipinski definition) is 3. The first kappa shape index (κ1) is 112. The quantitative estimate of drug-likeness (QED) is 0.212. The molecular formula is C128H206O12. The van der Waals surface area contributed by atoms with Crippen LogP contribution in [0, 0.1) is 189 Å². The van der Waals surface area contributed by atoms with Gasteiger partial charge < -0.3 is 20.1 Å². The second-order valence-corrected chi connectivity index (χ2v) is 54.3. The molecule has 0 aromatic carbocycles. The van der Waals surface area contributed by atoms with Gasteiger partial charge in [-0.25, -0.2) is 0 Å². The Morgan fingerprint density at radius 3 is 1.16 bits per heavy atom. The van der Waals surface area contributed by atoms with E-state index in [1.807, 2.05) is 12.2 Å². The van der Waals surface area contributed by atoms with E-state index in [0.717, 1.165) is 250 Å². The van der Waals surface area contributed by atoms with Crippen LogP contribution in [0.4, 0.5) is 0 Å². The molecule has 140 heavy (non-hydrogen) atoms. The molecule has 25 rings (SSSR count). The Balaban J connectivity index is 0.000000133. The Bertz CT molecular complexity index is 4600. The molecule has 0 amide bonds. The lowest BCUT2D eigenvalue weighted by Gasteiger charge is -2.62. The topological polar surface area (TPSA) is 210 Å². The molecule has 36 atom stereocenters. The number of fused-ring (bicyclic) bond motifs is 30. The number of ether oxygens (including phenoxy) is 1. The largest absolute Gasteiger partial charge is 0.395 e. The maximum absolute atomic E-state index is 12.5. The number of aliphatic hydroxyl groups is 3. The number of hydrogen-bond acceptors (Lipinski definition) is 12. The summed E-state index contributed by atoms with van der Waals surface area (Å²) >= 11 is 0. The summed E-state index contributed by atoms with van der Waals surface area (Å²) in [5.74, 6) is 18.9. The lowest BCUT2D eigenvalue weighted by Crippen LogP contribution is -2.56. The van der Waals surface area contributed by atoms with Crippen LogP contribution in [0.1, 0.15) is 488 Å². The number of carbonyl (C=O) groups excluding carboxylic acids is 8. The average Bonchev–Trinajstić information content (AvgIpc) is 1.51. The third-order valence-corrected chi connectivity index (χ3v) is 51.0. The van der Waals surface area contributed by atoms with Gasteiger partial charge in [0.2, 0.25) is 0 Å². The summed E-state index contributed by atoms with van der Waals surface area (Å²) in [5.41, 5.74) is 7.90. The zero-order chi connectivity index (χ0) is 94.5. The number of Topliss-reactive ketones (excluding diaryl/α,β-unsaturated/α-hetero) is 6. The van der Waals surface area contributed by atoms with E-state index >= 15 is 0 Å². The summed E-state index contributed by atoms with van der Waals surface area (Å²) in [7, 11) is 0. The van der Waals surface area contributed by atoms with Crippen LogP contribution >= 0.6 is 0 Å². The van der Waals surface area contributed by atoms with Crippen molar-refractivity contribution < 1.29 is 58.4 Å². The van der Waals surface area contributed by atoms with Gasteiger partial charge >= 0.3 is 0 Å². The molecule has 21 fully saturated rings. The molecule has 0 bridgehead atoms. The van der Waals surface area contributed by atoms with Crippen molar-refractivity contribution in [3.8, 4) is 0 Å². The zero-order valence-corrected chi connectivity index (χ0v) is 86.3. The lowest BCUT2D eigenvalue weighted by atomic mass is 9.43. The van der Waals surface area contributed by atoms with Crippen molar-refractivity contribution in [2.75, 3.05) is 13.2 Å². The Morgan fingerprint density at radius 2 is 0.707 bits per heavy atom. The molecule has 25 aliphatic rings. The molecule has 0 radical (unpaired) electrons. The molecule has 0 aromatic heterocycles. The average molecular weight is 1940 g/mol. The number of epoxide rings is 1. The van der Waals surface area contributed by atoms with Crippen LogP contribution in [0.25, 0.3) is 0 Å².